The number of ether oxygens (including phenoxy) is 2. The molecule has 0 aliphatic carbocycles. The summed E-state index contributed by atoms with van der Waals surface area (Å²) in [6.45, 7) is 3.30. The normalized spacial score (nSPS) is 12.8. The van der Waals surface area contributed by atoms with Crippen molar-refractivity contribution < 1.29 is 9.47 Å². The molecule has 0 N–H and O–H groups in total. The maximum absolute atomic E-state index is 5.45. The third kappa shape index (κ3) is 4.06. The Kier molecular flexibility index (Phi) is 4.50. The Hall–Kier alpha value is -0.860. The molecule has 1 rings (SSSR count). The van der Waals surface area contributed by atoms with Gasteiger partial charge in [-0.15, -0.1) is 0 Å². The van der Waals surface area contributed by atoms with Crippen LogP contribution in [-0.2, 0) is 16.1 Å². The highest BCUT2D eigenvalue weighted by Crippen LogP contribution is 2.01. The third-order valence-electron chi connectivity index (χ3n) is 1.87. The van der Waals surface area contributed by atoms with Crippen LogP contribution in [0.2, 0.25) is 0 Å². The largest absolute Gasteiger partial charge is 0.379 e. The Labute approximate surface area is 79.5 Å². The molecule has 1 atom stereocenters. The van der Waals surface area contributed by atoms with Gasteiger partial charge in [0, 0.05) is 7.11 Å². The van der Waals surface area contributed by atoms with Crippen LogP contribution in [0.4, 0.5) is 0 Å². The minimum Gasteiger partial charge on any atom is -0.379 e. The maximum Gasteiger partial charge on any atom is 0.0776 e. The molecule has 0 heterocycles. The zero-order valence-electron chi connectivity index (χ0n) is 8.19. The zero-order chi connectivity index (χ0) is 9.52. The molecule has 1 aromatic carbocycles. The molecule has 0 radical (unpaired) electrons. The summed E-state index contributed by atoms with van der Waals surface area (Å²) in [6, 6.07) is 10.1. The number of methoxy groups -OCH3 is 1. The molecule has 0 unspecified atom stereocenters. The standard InChI is InChI=1S/C11H16O2/c1-10(12-2)8-13-9-11-6-4-3-5-7-11/h3-7,10H,8-9H2,1-2H3/t10-/m1/s1. The van der Waals surface area contributed by atoms with E-state index >= 15 is 0 Å². The Bertz CT molecular complexity index is 221. The van der Waals surface area contributed by atoms with Gasteiger partial charge in [0.2, 0.25) is 0 Å². The van der Waals surface area contributed by atoms with Crippen molar-refractivity contribution >= 4 is 0 Å². The minimum absolute atomic E-state index is 0.170. The number of hydrogen-bond donors (Lipinski definition) is 0. The van der Waals surface area contributed by atoms with E-state index < -0.39 is 0 Å². The molecule has 0 fully saturated rings. The molecule has 0 saturated carbocycles. The molecular formula is C11H16O2. The van der Waals surface area contributed by atoms with Crippen LogP contribution < -0.4 is 0 Å². The van der Waals surface area contributed by atoms with Crippen molar-refractivity contribution in [2.24, 2.45) is 0 Å². The topological polar surface area (TPSA) is 18.5 Å². The second-order valence-electron chi connectivity index (χ2n) is 3.05. The molecule has 0 aliphatic rings. The lowest BCUT2D eigenvalue weighted by Crippen LogP contribution is -2.13. The zero-order valence-corrected chi connectivity index (χ0v) is 8.19. The van der Waals surface area contributed by atoms with Gasteiger partial charge in [-0.2, -0.15) is 0 Å². The molecule has 0 spiro atoms. The van der Waals surface area contributed by atoms with Crippen molar-refractivity contribution in [2.45, 2.75) is 19.6 Å². The van der Waals surface area contributed by atoms with Gasteiger partial charge < -0.3 is 9.47 Å². The van der Waals surface area contributed by atoms with Crippen LogP contribution in [0.3, 0.4) is 0 Å². The summed E-state index contributed by atoms with van der Waals surface area (Å²) < 4.78 is 10.5. The van der Waals surface area contributed by atoms with Gasteiger partial charge in [-0.05, 0) is 12.5 Å². The predicted octanol–water partition coefficient (Wildman–Crippen LogP) is 2.24. The quantitative estimate of drug-likeness (QED) is 0.691. The van der Waals surface area contributed by atoms with Gasteiger partial charge in [0.05, 0.1) is 19.3 Å². The molecule has 0 amide bonds. The van der Waals surface area contributed by atoms with Gasteiger partial charge >= 0.3 is 0 Å². The summed E-state index contributed by atoms with van der Waals surface area (Å²) >= 11 is 0. The van der Waals surface area contributed by atoms with E-state index in [0.717, 1.165) is 0 Å². The van der Waals surface area contributed by atoms with Crippen LogP contribution in [0.1, 0.15) is 12.5 Å². The van der Waals surface area contributed by atoms with Crippen molar-refractivity contribution in [3.63, 3.8) is 0 Å². The molecule has 13 heavy (non-hydrogen) atoms. The van der Waals surface area contributed by atoms with E-state index in [-0.39, 0.29) is 6.10 Å². The Morgan fingerprint density at radius 3 is 2.54 bits per heavy atom. The van der Waals surface area contributed by atoms with Crippen LogP contribution in [0.5, 0.6) is 0 Å². The fourth-order valence-electron chi connectivity index (χ4n) is 0.985. The van der Waals surface area contributed by atoms with E-state index in [1.807, 2.05) is 25.1 Å². The number of hydrogen-bond acceptors (Lipinski definition) is 2. The average Bonchev–Trinajstić information content (AvgIpc) is 2.19. The molecule has 2 nitrogen and oxygen atoms in total. The van der Waals surface area contributed by atoms with Gasteiger partial charge in [-0.1, -0.05) is 30.3 Å². The number of benzene rings is 1. The first kappa shape index (κ1) is 10.2. The Morgan fingerprint density at radius 1 is 1.23 bits per heavy atom. The highest BCUT2D eigenvalue weighted by molar-refractivity contribution is 5.13. The van der Waals surface area contributed by atoms with Gasteiger partial charge in [0.25, 0.3) is 0 Å². The van der Waals surface area contributed by atoms with E-state index in [1.54, 1.807) is 7.11 Å². The van der Waals surface area contributed by atoms with Crippen molar-refractivity contribution in [3.8, 4) is 0 Å². The van der Waals surface area contributed by atoms with Crippen molar-refractivity contribution in [1.29, 1.82) is 0 Å². The van der Waals surface area contributed by atoms with E-state index in [2.05, 4.69) is 12.1 Å². The smallest absolute Gasteiger partial charge is 0.0776 e. The van der Waals surface area contributed by atoms with Crippen LogP contribution >= 0.6 is 0 Å². The Balaban J connectivity index is 2.20. The van der Waals surface area contributed by atoms with Crippen LogP contribution in [0.15, 0.2) is 30.3 Å². The van der Waals surface area contributed by atoms with Crippen molar-refractivity contribution in [3.05, 3.63) is 35.9 Å². The van der Waals surface area contributed by atoms with Crippen molar-refractivity contribution in [2.75, 3.05) is 13.7 Å². The molecular weight excluding hydrogens is 164 g/mol. The second-order valence-corrected chi connectivity index (χ2v) is 3.05. The fraction of sp³-hybridized carbons (Fsp3) is 0.455. The maximum atomic E-state index is 5.45. The molecule has 2 heteroatoms. The summed E-state index contributed by atoms with van der Waals surface area (Å²) in [6.07, 6.45) is 0.170. The molecule has 72 valence electrons. The highest BCUT2D eigenvalue weighted by Gasteiger charge is 1.98. The lowest BCUT2D eigenvalue weighted by atomic mass is 10.2. The minimum atomic E-state index is 0.170. The first-order valence-electron chi connectivity index (χ1n) is 4.47. The monoisotopic (exact) mass is 180 g/mol. The van der Waals surface area contributed by atoms with Crippen LogP contribution in [0.25, 0.3) is 0 Å². The summed E-state index contributed by atoms with van der Waals surface area (Å²) in [5.41, 5.74) is 1.20. The lowest BCUT2D eigenvalue weighted by Gasteiger charge is -2.09. The fourth-order valence-corrected chi connectivity index (χ4v) is 0.985. The predicted molar refractivity (Wildman–Crippen MR) is 52.6 cm³/mol. The molecule has 1 aromatic rings. The molecule has 0 aliphatic heterocycles. The summed E-state index contributed by atoms with van der Waals surface area (Å²) in [7, 11) is 1.69. The second kappa shape index (κ2) is 5.73. The van der Waals surface area contributed by atoms with Crippen molar-refractivity contribution in [1.82, 2.24) is 0 Å². The van der Waals surface area contributed by atoms with Crippen LogP contribution in [-0.4, -0.2) is 19.8 Å². The van der Waals surface area contributed by atoms with Gasteiger partial charge in [-0.25, -0.2) is 0 Å². The molecule has 0 aromatic heterocycles. The van der Waals surface area contributed by atoms with E-state index in [9.17, 15) is 0 Å². The third-order valence-corrected chi connectivity index (χ3v) is 1.87. The molecule has 0 saturated heterocycles. The first-order valence-corrected chi connectivity index (χ1v) is 4.47. The van der Waals surface area contributed by atoms with E-state index in [1.165, 1.54) is 5.56 Å². The lowest BCUT2D eigenvalue weighted by molar-refractivity contribution is 0.0117. The van der Waals surface area contributed by atoms with Crippen LogP contribution in [0, 0.1) is 0 Å². The van der Waals surface area contributed by atoms with E-state index in [4.69, 9.17) is 9.47 Å². The van der Waals surface area contributed by atoms with Gasteiger partial charge in [-0.3, -0.25) is 0 Å². The Morgan fingerprint density at radius 2 is 1.92 bits per heavy atom. The number of rotatable bonds is 5. The molecule has 0 bridgehead atoms. The summed E-state index contributed by atoms with van der Waals surface area (Å²) in [4.78, 5) is 0. The first-order chi connectivity index (χ1) is 6.33. The SMILES string of the molecule is CO[C@H](C)COCc1ccccc1. The van der Waals surface area contributed by atoms with Gasteiger partial charge in [0.15, 0.2) is 0 Å². The van der Waals surface area contributed by atoms with E-state index in [0.29, 0.717) is 13.2 Å². The summed E-state index contributed by atoms with van der Waals surface area (Å²) in [5.74, 6) is 0. The highest BCUT2D eigenvalue weighted by atomic mass is 16.5. The average molecular weight is 180 g/mol. The summed E-state index contributed by atoms with van der Waals surface area (Å²) in [5, 5.41) is 0. The van der Waals surface area contributed by atoms with Gasteiger partial charge in [0.1, 0.15) is 0 Å².